The van der Waals surface area contributed by atoms with Gasteiger partial charge in [0.05, 0.1) is 37.5 Å². The molecule has 0 amide bonds. The van der Waals surface area contributed by atoms with Crippen molar-refractivity contribution in [3.63, 3.8) is 0 Å². The SMILES string of the molecule is CCOC(=O)/C=C/c1c(C(=O)OCC)nn(C(C)C)c1Oc1cc(Cl)cc(Cl)c1.CCOC(=O)c1nn(C(C)C)c(Oc2cc(Cl)cc(Cl)c2)c1C=O. The first-order chi connectivity index (χ1) is 25.1. The number of esters is 3. The van der Waals surface area contributed by atoms with E-state index in [-0.39, 0.29) is 66.2 Å². The number of hydrogen-bond donors (Lipinski definition) is 0. The van der Waals surface area contributed by atoms with Gasteiger partial charge >= 0.3 is 17.9 Å². The Morgan fingerprint density at radius 1 is 0.642 bits per heavy atom. The Labute approximate surface area is 326 Å². The number of rotatable bonds is 14. The van der Waals surface area contributed by atoms with Crippen LogP contribution in [0.5, 0.6) is 23.3 Å². The number of hydrogen-bond acceptors (Lipinski definition) is 11. The zero-order chi connectivity index (χ0) is 39.4. The van der Waals surface area contributed by atoms with Gasteiger partial charge in [-0.05, 0) is 90.9 Å². The number of ether oxygens (including phenoxy) is 5. The Morgan fingerprint density at radius 2 is 1.02 bits per heavy atom. The van der Waals surface area contributed by atoms with E-state index in [4.69, 9.17) is 70.1 Å². The third kappa shape index (κ3) is 11.7. The fourth-order valence-corrected chi connectivity index (χ4v) is 5.48. The molecule has 4 rings (SSSR count). The zero-order valence-corrected chi connectivity index (χ0v) is 33.0. The van der Waals surface area contributed by atoms with E-state index in [0.29, 0.717) is 37.9 Å². The second-order valence-electron chi connectivity index (χ2n) is 11.3. The summed E-state index contributed by atoms with van der Waals surface area (Å²) < 4.78 is 29.6. The lowest BCUT2D eigenvalue weighted by Crippen LogP contribution is -2.09. The first-order valence-electron chi connectivity index (χ1n) is 16.3. The van der Waals surface area contributed by atoms with Crippen LogP contribution < -0.4 is 9.47 Å². The maximum absolute atomic E-state index is 12.4. The minimum atomic E-state index is -0.687. The summed E-state index contributed by atoms with van der Waals surface area (Å²) in [5, 5.41) is 10.0. The van der Waals surface area contributed by atoms with Crippen LogP contribution in [-0.4, -0.2) is 63.6 Å². The second-order valence-corrected chi connectivity index (χ2v) is 13.0. The van der Waals surface area contributed by atoms with E-state index in [1.54, 1.807) is 57.2 Å². The van der Waals surface area contributed by atoms with E-state index in [1.807, 2.05) is 27.7 Å². The van der Waals surface area contributed by atoms with Gasteiger partial charge in [0.15, 0.2) is 17.7 Å². The summed E-state index contributed by atoms with van der Waals surface area (Å²) in [6.45, 7) is 13.1. The van der Waals surface area contributed by atoms with Crippen LogP contribution in [0.4, 0.5) is 0 Å². The molecule has 2 aromatic heterocycles. The summed E-state index contributed by atoms with van der Waals surface area (Å²) in [6, 6.07) is 9.06. The van der Waals surface area contributed by atoms with Gasteiger partial charge in [0.25, 0.3) is 0 Å². The molecular formula is C36H38Cl4N4O9. The topological polar surface area (TPSA) is 150 Å². The first-order valence-corrected chi connectivity index (χ1v) is 17.8. The smallest absolute Gasteiger partial charge is 0.359 e. The van der Waals surface area contributed by atoms with Crippen molar-refractivity contribution in [2.24, 2.45) is 0 Å². The molecule has 0 N–H and O–H groups in total. The van der Waals surface area contributed by atoms with Crippen molar-refractivity contribution in [1.29, 1.82) is 0 Å². The van der Waals surface area contributed by atoms with Gasteiger partial charge in [0.1, 0.15) is 17.1 Å². The number of carbonyl (C=O) groups excluding carboxylic acids is 4. The molecule has 0 atom stereocenters. The molecule has 284 valence electrons. The highest BCUT2D eigenvalue weighted by molar-refractivity contribution is 6.35. The van der Waals surface area contributed by atoms with E-state index in [1.165, 1.54) is 21.5 Å². The Kier molecular flexibility index (Phi) is 16.2. The van der Waals surface area contributed by atoms with Crippen molar-refractivity contribution in [3.05, 3.63) is 85.1 Å². The molecular weight excluding hydrogens is 774 g/mol. The molecule has 0 fully saturated rings. The Hall–Kier alpha value is -4.56. The third-order valence-corrected chi connectivity index (χ3v) is 7.48. The Morgan fingerprint density at radius 3 is 1.38 bits per heavy atom. The van der Waals surface area contributed by atoms with E-state index in [9.17, 15) is 19.2 Å². The Bertz CT molecular complexity index is 1930. The molecule has 2 heterocycles. The zero-order valence-electron chi connectivity index (χ0n) is 29.9. The van der Waals surface area contributed by atoms with Crippen LogP contribution in [0.3, 0.4) is 0 Å². The largest absolute Gasteiger partial charge is 0.463 e. The van der Waals surface area contributed by atoms with Crippen molar-refractivity contribution in [3.8, 4) is 23.3 Å². The van der Waals surface area contributed by atoms with Gasteiger partial charge in [0, 0.05) is 26.2 Å². The fourth-order valence-electron chi connectivity index (χ4n) is 4.46. The maximum Gasteiger partial charge on any atom is 0.359 e. The third-order valence-electron chi connectivity index (χ3n) is 6.61. The summed E-state index contributed by atoms with van der Waals surface area (Å²) in [7, 11) is 0. The number of aldehydes is 1. The number of carbonyl (C=O) groups is 4. The molecule has 0 spiro atoms. The summed E-state index contributed by atoms with van der Waals surface area (Å²) in [5.41, 5.74) is 0.215. The van der Waals surface area contributed by atoms with Crippen LogP contribution in [0.1, 0.15) is 97.4 Å². The van der Waals surface area contributed by atoms with Crippen molar-refractivity contribution in [2.45, 2.75) is 60.5 Å². The average Bonchev–Trinajstić information content (AvgIpc) is 3.62. The second kappa shape index (κ2) is 20.0. The van der Waals surface area contributed by atoms with Gasteiger partial charge in [-0.2, -0.15) is 10.2 Å². The lowest BCUT2D eigenvalue weighted by Gasteiger charge is -2.13. The minimum absolute atomic E-state index is 0.0123. The van der Waals surface area contributed by atoms with Crippen molar-refractivity contribution in [2.75, 3.05) is 19.8 Å². The van der Waals surface area contributed by atoms with Crippen LogP contribution in [0.15, 0.2) is 42.5 Å². The molecule has 17 heteroatoms. The van der Waals surface area contributed by atoms with Crippen molar-refractivity contribution < 1.29 is 42.9 Å². The van der Waals surface area contributed by atoms with Crippen LogP contribution in [-0.2, 0) is 19.0 Å². The molecule has 0 saturated heterocycles. The maximum atomic E-state index is 12.4. The lowest BCUT2D eigenvalue weighted by atomic mass is 10.2. The standard InChI is InChI=1S/C20H22Cl2N2O5.C16H16Cl2N2O4/c1-5-27-17(25)8-7-16-18(20(26)28-6-2)23-24(12(3)4)19(16)29-15-10-13(21)9-14(22)11-15;1-4-23-16(22)14-13(8-21)15(20(19-14)9(2)3)24-12-6-10(17)5-11(18)7-12/h7-12H,5-6H2,1-4H3;5-9H,4H2,1-3H3/b8-7+;. The Balaban J connectivity index is 0.000000290. The molecule has 13 nitrogen and oxygen atoms in total. The fraction of sp³-hybridized carbons (Fsp3) is 0.333. The van der Waals surface area contributed by atoms with E-state index in [0.717, 1.165) is 0 Å². The quantitative estimate of drug-likeness (QED) is 0.0518. The van der Waals surface area contributed by atoms with Crippen molar-refractivity contribution >= 4 is 76.7 Å². The lowest BCUT2D eigenvalue weighted by molar-refractivity contribution is -0.137. The summed E-state index contributed by atoms with van der Waals surface area (Å²) >= 11 is 24.0. The highest BCUT2D eigenvalue weighted by Gasteiger charge is 2.28. The summed E-state index contributed by atoms with van der Waals surface area (Å²) in [4.78, 5) is 47.8. The molecule has 53 heavy (non-hydrogen) atoms. The van der Waals surface area contributed by atoms with Gasteiger partial charge in [-0.1, -0.05) is 46.4 Å². The molecule has 0 aliphatic carbocycles. The van der Waals surface area contributed by atoms with Crippen molar-refractivity contribution in [1.82, 2.24) is 19.6 Å². The summed E-state index contributed by atoms with van der Waals surface area (Å²) in [5.74, 6) is -0.838. The van der Waals surface area contributed by atoms with E-state index >= 15 is 0 Å². The van der Waals surface area contributed by atoms with E-state index < -0.39 is 17.9 Å². The van der Waals surface area contributed by atoms with Gasteiger partial charge < -0.3 is 23.7 Å². The normalized spacial score (nSPS) is 11.0. The summed E-state index contributed by atoms with van der Waals surface area (Å²) in [6.07, 6.45) is 3.13. The average molecular weight is 813 g/mol. The minimum Gasteiger partial charge on any atom is -0.463 e. The van der Waals surface area contributed by atoms with Gasteiger partial charge in [-0.3, -0.25) is 4.79 Å². The van der Waals surface area contributed by atoms with Crippen LogP contribution >= 0.6 is 46.4 Å². The molecule has 0 saturated carbocycles. The monoisotopic (exact) mass is 810 g/mol. The predicted molar refractivity (Wildman–Crippen MR) is 201 cm³/mol. The van der Waals surface area contributed by atoms with Crippen LogP contribution in [0.2, 0.25) is 20.1 Å². The number of nitrogens with zero attached hydrogens (tertiary/aromatic N) is 4. The van der Waals surface area contributed by atoms with Gasteiger partial charge in [-0.25, -0.2) is 23.7 Å². The first kappa shape index (κ1) is 42.8. The van der Waals surface area contributed by atoms with E-state index in [2.05, 4.69) is 10.2 Å². The number of aromatic nitrogens is 4. The van der Waals surface area contributed by atoms with Crippen LogP contribution in [0.25, 0.3) is 6.08 Å². The highest BCUT2D eigenvalue weighted by Crippen LogP contribution is 2.35. The molecule has 4 aromatic rings. The molecule has 0 radical (unpaired) electrons. The van der Waals surface area contributed by atoms with Gasteiger partial charge in [-0.15, -0.1) is 0 Å². The van der Waals surface area contributed by atoms with Gasteiger partial charge in [0.2, 0.25) is 11.8 Å². The molecule has 0 aliphatic rings. The number of halogens is 4. The molecule has 0 unspecified atom stereocenters. The van der Waals surface area contributed by atoms with Crippen LogP contribution in [0, 0.1) is 0 Å². The highest BCUT2D eigenvalue weighted by atomic mass is 35.5. The molecule has 0 bridgehead atoms. The molecule has 2 aromatic carbocycles. The number of benzene rings is 2. The molecule has 0 aliphatic heterocycles. The predicted octanol–water partition coefficient (Wildman–Crippen LogP) is 9.87.